The summed E-state index contributed by atoms with van der Waals surface area (Å²) < 4.78 is 18.6. The first-order valence-corrected chi connectivity index (χ1v) is 18.6. The Morgan fingerprint density at radius 1 is 0.906 bits per heavy atom. The van der Waals surface area contributed by atoms with Crippen LogP contribution >= 0.6 is 0 Å². The molecule has 4 N–H and O–H groups in total. The van der Waals surface area contributed by atoms with E-state index in [4.69, 9.17) is 19.3 Å². The molecule has 4 bridgehead atoms. The van der Waals surface area contributed by atoms with Crippen molar-refractivity contribution in [2.75, 3.05) is 26.1 Å². The average Bonchev–Trinajstić information content (AvgIpc) is 3.56. The molecule has 3 aromatic rings. The highest BCUT2D eigenvalue weighted by atomic mass is 16.6. The summed E-state index contributed by atoms with van der Waals surface area (Å²) in [7, 11) is 3.12. The normalized spacial score (nSPS) is 24.2. The number of rotatable bonds is 10. The van der Waals surface area contributed by atoms with Crippen LogP contribution in [0.4, 0.5) is 10.5 Å². The van der Waals surface area contributed by atoms with E-state index in [-0.39, 0.29) is 24.1 Å². The van der Waals surface area contributed by atoms with Crippen LogP contribution in [0.2, 0.25) is 0 Å². The van der Waals surface area contributed by atoms with Crippen LogP contribution in [-0.2, 0) is 27.2 Å². The summed E-state index contributed by atoms with van der Waals surface area (Å²) in [5.41, 5.74) is 2.42. The van der Waals surface area contributed by atoms with Gasteiger partial charge in [-0.2, -0.15) is 5.10 Å². The van der Waals surface area contributed by atoms with Crippen molar-refractivity contribution in [1.29, 1.82) is 0 Å². The third-order valence-corrected chi connectivity index (χ3v) is 11.5. The number of carbonyl (C=O) groups is 4. The largest absolute Gasteiger partial charge is 0.496 e. The zero-order chi connectivity index (χ0) is 37.7. The van der Waals surface area contributed by atoms with E-state index in [2.05, 4.69) is 16.0 Å². The number of alkyl carbamates (subject to hydrolysis) is 1. The molecule has 1 heterocycles. The van der Waals surface area contributed by atoms with Gasteiger partial charge in [0.1, 0.15) is 29.2 Å². The van der Waals surface area contributed by atoms with Crippen molar-refractivity contribution in [2.45, 2.75) is 89.7 Å². The van der Waals surface area contributed by atoms with Crippen LogP contribution in [0.5, 0.6) is 11.5 Å². The molecule has 4 saturated carbocycles. The molecule has 0 radical (unpaired) electrons. The summed E-state index contributed by atoms with van der Waals surface area (Å²) in [5.74, 6) is -0.0905. The van der Waals surface area contributed by atoms with Crippen molar-refractivity contribution in [3.8, 4) is 28.4 Å². The van der Waals surface area contributed by atoms with E-state index in [9.17, 15) is 24.3 Å². The minimum absolute atomic E-state index is 0.0811. The van der Waals surface area contributed by atoms with Gasteiger partial charge in [-0.1, -0.05) is 6.07 Å². The van der Waals surface area contributed by atoms with Crippen molar-refractivity contribution in [2.24, 2.45) is 23.7 Å². The molecule has 0 unspecified atom stereocenters. The highest BCUT2D eigenvalue weighted by Gasteiger charge is 2.62. The van der Waals surface area contributed by atoms with Gasteiger partial charge in [0.2, 0.25) is 5.91 Å². The minimum atomic E-state index is -1.34. The standard InChI is InChI=1S/C40H49N5O8/c1-39(2,3)53-38(50)41-21-34(46)42-28-13-14-30(27-10-7-6-9-26(27)28)45-31(35-32(51-4)11-8-12-33(35)52-5)20-29(44-45)36(47)43-40(37(48)49)24-16-22-15-23(18-24)19-25(40)17-22/h8,11-14,20,22-25H,6-7,9-10,15-19,21H2,1-5H3,(H,41,50)(H,42,46)(H,43,47)(H,48,49). The summed E-state index contributed by atoms with van der Waals surface area (Å²) in [4.78, 5) is 52.6. The number of ether oxygens (including phenoxy) is 3. The van der Waals surface area contributed by atoms with Crippen LogP contribution in [-0.4, -0.2) is 70.7 Å². The highest BCUT2D eigenvalue weighted by molar-refractivity contribution is 5.98. The Balaban J connectivity index is 1.26. The monoisotopic (exact) mass is 727 g/mol. The summed E-state index contributed by atoms with van der Waals surface area (Å²) >= 11 is 0. The van der Waals surface area contributed by atoms with Gasteiger partial charge in [-0.3, -0.25) is 9.59 Å². The van der Waals surface area contributed by atoms with Crippen molar-refractivity contribution in [3.63, 3.8) is 0 Å². The smallest absolute Gasteiger partial charge is 0.408 e. The lowest BCUT2D eigenvalue weighted by atomic mass is 9.48. The lowest BCUT2D eigenvalue weighted by Gasteiger charge is -2.59. The number of hydrogen-bond donors (Lipinski definition) is 4. The zero-order valence-corrected chi connectivity index (χ0v) is 31.0. The number of nitrogens with one attached hydrogen (secondary N) is 3. The number of amides is 3. The first-order chi connectivity index (χ1) is 25.3. The molecule has 1 aromatic heterocycles. The molecule has 282 valence electrons. The summed E-state index contributed by atoms with van der Waals surface area (Å²) in [6.07, 6.45) is 6.93. The highest BCUT2D eigenvalue weighted by Crippen LogP contribution is 2.58. The lowest BCUT2D eigenvalue weighted by Crippen LogP contribution is -2.70. The Labute approximate surface area is 309 Å². The number of methoxy groups -OCH3 is 2. The van der Waals surface area contributed by atoms with Gasteiger partial charge in [0.25, 0.3) is 5.91 Å². The predicted octanol–water partition coefficient (Wildman–Crippen LogP) is 5.91. The van der Waals surface area contributed by atoms with Gasteiger partial charge in [-0.25, -0.2) is 14.3 Å². The Hall–Kier alpha value is -5.07. The van der Waals surface area contributed by atoms with Crippen molar-refractivity contribution in [1.82, 2.24) is 20.4 Å². The number of aromatic nitrogens is 2. The number of carboxylic acid groups (broad SMARTS) is 1. The molecule has 0 atom stereocenters. The Morgan fingerprint density at radius 3 is 2.11 bits per heavy atom. The van der Waals surface area contributed by atoms with Crippen LogP contribution in [0.1, 0.15) is 87.3 Å². The SMILES string of the molecule is COc1cccc(OC)c1-c1cc(C(=O)NC2(C(=O)O)C3CC4CC(C3)CC2C4)nn1-c1ccc(NC(=O)CNC(=O)OC(C)(C)C)c2c1CCCC2. The second-order valence-electron chi connectivity index (χ2n) is 16.0. The number of nitrogens with zero attached hydrogens (tertiary/aromatic N) is 2. The van der Waals surface area contributed by atoms with Crippen LogP contribution in [0.3, 0.4) is 0 Å². The van der Waals surface area contributed by atoms with E-state index in [0.717, 1.165) is 56.1 Å². The predicted molar refractivity (Wildman–Crippen MR) is 196 cm³/mol. The maximum absolute atomic E-state index is 14.3. The third kappa shape index (κ3) is 6.81. The number of fused-ring (bicyclic) bond motifs is 1. The van der Waals surface area contributed by atoms with Gasteiger partial charge >= 0.3 is 12.1 Å². The second-order valence-corrected chi connectivity index (χ2v) is 16.0. The van der Waals surface area contributed by atoms with Crippen LogP contribution < -0.4 is 25.4 Å². The van der Waals surface area contributed by atoms with Crippen LogP contribution in [0, 0.1) is 23.7 Å². The van der Waals surface area contributed by atoms with E-state index in [1.54, 1.807) is 45.7 Å². The molecule has 2 aromatic carbocycles. The van der Waals surface area contributed by atoms with Gasteiger partial charge in [-0.15, -0.1) is 0 Å². The molecule has 5 aliphatic carbocycles. The van der Waals surface area contributed by atoms with Crippen molar-refractivity contribution >= 4 is 29.6 Å². The first-order valence-electron chi connectivity index (χ1n) is 18.6. The molecular weight excluding hydrogens is 678 g/mol. The maximum atomic E-state index is 14.3. The van der Waals surface area contributed by atoms with E-state index in [0.29, 0.717) is 58.8 Å². The lowest BCUT2D eigenvalue weighted by molar-refractivity contribution is -0.163. The Morgan fingerprint density at radius 2 is 1.53 bits per heavy atom. The number of anilines is 1. The quantitative estimate of drug-likeness (QED) is 0.198. The Bertz CT molecular complexity index is 1890. The van der Waals surface area contributed by atoms with E-state index in [1.807, 2.05) is 30.3 Å². The number of hydrogen-bond acceptors (Lipinski definition) is 8. The van der Waals surface area contributed by atoms with E-state index >= 15 is 0 Å². The van der Waals surface area contributed by atoms with Gasteiger partial charge < -0.3 is 35.3 Å². The first kappa shape index (κ1) is 36.3. The fraction of sp³-hybridized carbons (Fsp3) is 0.525. The van der Waals surface area contributed by atoms with E-state index in [1.165, 1.54) is 0 Å². The fourth-order valence-corrected chi connectivity index (χ4v) is 9.57. The van der Waals surface area contributed by atoms with Crippen molar-refractivity contribution < 1.29 is 38.5 Å². The number of aliphatic carboxylic acids is 1. The molecular formula is C40H49N5O8. The van der Waals surface area contributed by atoms with Crippen LogP contribution in [0.25, 0.3) is 16.9 Å². The zero-order valence-electron chi connectivity index (χ0n) is 31.0. The molecule has 13 heteroatoms. The number of benzene rings is 2. The van der Waals surface area contributed by atoms with Gasteiger partial charge in [0, 0.05) is 5.69 Å². The molecule has 3 amide bonds. The van der Waals surface area contributed by atoms with Crippen molar-refractivity contribution in [3.05, 3.63) is 53.2 Å². The van der Waals surface area contributed by atoms with Gasteiger partial charge in [0.15, 0.2) is 5.69 Å². The number of carboxylic acids is 1. The number of carbonyl (C=O) groups excluding carboxylic acids is 3. The fourth-order valence-electron chi connectivity index (χ4n) is 9.57. The topological polar surface area (TPSA) is 170 Å². The third-order valence-electron chi connectivity index (χ3n) is 11.5. The van der Waals surface area contributed by atoms with Gasteiger partial charge in [0.05, 0.1) is 31.2 Å². The summed E-state index contributed by atoms with van der Waals surface area (Å²) in [5, 5.41) is 24.2. The van der Waals surface area contributed by atoms with E-state index < -0.39 is 35.0 Å². The minimum Gasteiger partial charge on any atom is -0.496 e. The Kier molecular flexibility index (Phi) is 9.62. The van der Waals surface area contributed by atoms with Gasteiger partial charge in [-0.05, 0) is 144 Å². The summed E-state index contributed by atoms with van der Waals surface area (Å²) in [6.45, 7) is 4.99. The van der Waals surface area contributed by atoms with Crippen LogP contribution in [0.15, 0.2) is 36.4 Å². The molecule has 5 aliphatic rings. The molecule has 8 rings (SSSR count). The molecule has 0 saturated heterocycles. The molecule has 0 spiro atoms. The molecule has 4 fully saturated rings. The summed E-state index contributed by atoms with van der Waals surface area (Å²) in [6, 6.07) is 10.8. The molecule has 13 nitrogen and oxygen atoms in total. The molecule has 53 heavy (non-hydrogen) atoms. The maximum Gasteiger partial charge on any atom is 0.408 e. The second kappa shape index (κ2) is 14.1. The molecule has 0 aliphatic heterocycles. The average molecular weight is 728 g/mol.